The van der Waals surface area contributed by atoms with Crippen molar-refractivity contribution in [3.8, 4) is 5.75 Å². The van der Waals surface area contributed by atoms with Crippen molar-refractivity contribution in [3.63, 3.8) is 0 Å². The van der Waals surface area contributed by atoms with Gasteiger partial charge in [-0.25, -0.2) is 9.79 Å². The average molecular weight is 809 g/mol. The number of ether oxygens (including phenoxy) is 2. The van der Waals surface area contributed by atoms with Crippen molar-refractivity contribution in [2.24, 2.45) is 4.99 Å². The molecule has 2 heterocycles. The van der Waals surface area contributed by atoms with Gasteiger partial charge in [0.05, 0.1) is 38.6 Å². The van der Waals surface area contributed by atoms with E-state index >= 15 is 0 Å². The summed E-state index contributed by atoms with van der Waals surface area (Å²) in [6.07, 6.45) is 3.88. The van der Waals surface area contributed by atoms with Crippen molar-refractivity contribution < 1.29 is 14.3 Å². The second-order valence-electron chi connectivity index (χ2n) is 8.94. The molecule has 6 nitrogen and oxygen atoms in total. The van der Waals surface area contributed by atoms with Gasteiger partial charge >= 0.3 is 5.97 Å². The van der Waals surface area contributed by atoms with Crippen LogP contribution in [-0.2, 0) is 9.53 Å². The number of aromatic nitrogens is 1. The molecule has 1 aromatic heterocycles. The fourth-order valence-electron chi connectivity index (χ4n) is 4.67. The maximum Gasteiger partial charge on any atom is 0.338 e. The lowest BCUT2D eigenvalue weighted by molar-refractivity contribution is -0.138. The van der Waals surface area contributed by atoms with Gasteiger partial charge in [0, 0.05) is 19.6 Å². The minimum absolute atomic E-state index is 0.207. The summed E-state index contributed by atoms with van der Waals surface area (Å²) in [5, 5.41) is 0. The summed E-state index contributed by atoms with van der Waals surface area (Å²) in [4.78, 5) is 34.3. The van der Waals surface area contributed by atoms with Crippen molar-refractivity contribution in [3.05, 3.63) is 116 Å². The highest BCUT2D eigenvalue weighted by molar-refractivity contribution is 14.1. The fraction of sp³-hybridized carbons (Fsp3) is 0.194. The lowest BCUT2D eigenvalue weighted by atomic mass is 9.93. The topological polar surface area (TPSA) is 69.9 Å². The predicted molar refractivity (Wildman–Crippen MR) is 182 cm³/mol. The maximum atomic E-state index is 14.2. The van der Waals surface area contributed by atoms with Crippen LogP contribution in [0.2, 0.25) is 0 Å². The minimum Gasteiger partial charge on any atom is -0.492 e. The molecule has 0 spiro atoms. The summed E-state index contributed by atoms with van der Waals surface area (Å²) < 4.78 is 15.7. The lowest BCUT2D eigenvalue weighted by Crippen LogP contribution is -2.40. The van der Waals surface area contributed by atoms with Crippen molar-refractivity contribution in [1.29, 1.82) is 0 Å². The molecule has 1 atom stereocenters. The van der Waals surface area contributed by atoms with E-state index in [4.69, 9.17) is 14.5 Å². The average Bonchev–Trinajstić information content (AvgIpc) is 3.28. The number of halogens is 2. The molecule has 1 aliphatic rings. The summed E-state index contributed by atoms with van der Waals surface area (Å²) >= 11 is 7.46. The highest BCUT2D eigenvalue weighted by Crippen LogP contribution is 2.36. The SMILES string of the molecule is CCOC(=O)C1=C(c2ccccc2)N=c2s/c(=C\c3cc(I)cc(I)c3OCC)c(=O)n2[C@@H]1c1ccc(SC)cc1. The van der Waals surface area contributed by atoms with Crippen LogP contribution < -0.4 is 19.6 Å². The third kappa shape index (κ3) is 6.20. The molecule has 0 saturated carbocycles. The van der Waals surface area contributed by atoms with Gasteiger partial charge < -0.3 is 9.47 Å². The molecule has 210 valence electrons. The number of esters is 1. The number of carbonyl (C=O) groups is 1. The van der Waals surface area contributed by atoms with Crippen molar-refractivity contribution in [2.45, 2.75) is 24.8 Å². The van der Waals surface area contributed by atoms with Crippen LogP contribution in [0.4, 0.5) is 0 Å². The van der Waals surface area contributed by atoms with Crippen LogP contribution in [0.3, 0.4) is 0 Å². The molecular weight excluding hydrogens is 782 g/mol. The Labute approximate surface area is 273 Å². The van der Waals surface area contributed by atoms with Gasteiger partial charge in [-0.3, -0.25) is 9.36 Å². The van der Waals surface area contributed by atoms with Crippen LogP contribution in [0, 0.1) is 7.14 Å². The fourth-order valence-corrected chi connectivity index (χ4v) is 8.11. The van der Waals surface area contributed by atoms with Gasteiger partial charge in [0.15, 0.2) is 4.80 Å². The van der Waals surface area contributed by atoms with E-state index < -0.39 is 12.0 Å². The number of hydrogen-bond acceptors (Lipinski definition) is 7. The highest BCUT2D eigenvalue weighted by Gasteiger charge is 2.35. The molecule has 0 radical (unpaired) electrons. The third-order valence-corrected chi connectivity index (χ3v) is 9.57. The van der Waals surface area contributed by atoms with Crippen LogP contribution in [-0.4, -0.2) is 30.0 Å². The van der Waals surface area contributed by atoms with Gasteiger partial charge in [0.25, 0.3) is 5.56 Å². The van der Waals surface area contributed by atoms with Gasteiger partial charge in [-0.05, 0) is 101 Å². The first kappa shape index (κ1) is 30.1. The Kier molecular flexibility index (Phi) is 9.72. The number of benzene rings is 3. The van der Waals surface area contributed by atoms with Gasteiger partial charge in [0.1, 0.15) is 5.75 Å². The maximum absolute atomic E-state index is 14.2. The second-order valence-corrected chi connectivity index (χ2v) is 13.2. The first-order valence-electron chi connectivity index (χ1n) is 12.9. The molecule has 10 heteroatoms. The highest BCUT2D eigenvalue weighted by atomic mass is 127. The molecule has 0 saturated heterocycles. The van der Waals surface area contributed by atoms with Gasteiger partial charge in [-0.2, -0.15) is 0 Å². The lowest BCUT2D eigenvalue weighted by Gasteiger charge is -2.26. The van der Waals surface area contributed by atoms with Crippen LogP contribution in [0.25, 0.3) is 11.8 Å². The number of thiazole rings is 1. The molecule has 1 aliphatic heterocycles. The van der Waals surface area contributed by atoms with E-state index in [1.807, 2.05) is 86.0 Å². The van der Waals surface area contributed by atoms with Crippen molar-refractivity contribution >= 4 is 86.0 Å². The number of rotatable bonds is 8. The minimum atomic E-state index is -0.707. The molecule has 0 bridgehead atoms. The van der Waals surface area contributed by atoms with E-state index in [-0.39, 0.29) is 12.2 Å². The molecule has 3 aromatic carbocycles. The quantitative estimate of drug-likeness (QED) is 0.120. The Bertz CT molecular complexity index is 1810. The smallest absolute Gasteiger partial charge is 0.338 e. The monoisotopic (exact) mass is 808 g/mol. The first-order valence-corrected chi connectivity index (χ1v) is 17.1. The van der Waals surface area contributed by atoms with Crippen LogP contribution in [0.5, 0.6) is 5.75 Å². The number of hydrogen-bond donors (Lipinski definition) is 0. The Hall–Kier alpha value is -2.42. The molecule has 41 heavy (non-hydrogen) atoms. The first-order chi connectivity index (χ1) is 19.9. The van der Waals surface area contributed by atoms with Crippen LogP contribution >= 0.6 is 68.3 Å². The van der Waals surface area contributed by atoms with E-state index in [2.05, 4.69) is 45.2 Å². The Morgan fingerprint density at radius 1 is 1.07 bits per heavy atom. The standard InChI is InChI=1S/C31H26I2N2O4S2/c1-4-38-28-20(15-21(32)17-23(28)33)16-24-29(36)35-27(19-11-13-22(40-3)14-12-19)25(30(37)39-5-2)26(34-31(35)41-24)18-9-7-6-8-10-18/h6-17,27H,4-5H2,1-3H3/b24-16-/t27-/m1/s1. The molecular formula is C31H26I2N2O4S2. The van der Waals surface area contributed by atoms with Gasteiger partial charge in [-0.1, -0.05) is 53.8 Å². The number of thioether (sulfide) groups is 1. The van der Waals surface area contributed by atoms with E-state index in [9.17, 15) is 9.59 Å². The van der Waals surface area contributed by atoms with Crippen LogP contribution in [0.1, 0.15) is 36.6 Å². The second kappa shape index (κ2) is 13.3. The van der Waals surface area contributed by atoms with Gasteiger partial charge in [0.2, 0.25) is 0 Å². The summed E-state index contributed by atoms with van der Waals surface area (Å²) in [6, 6.07) is 20.9. The molecule has 0 aliphatic carbocycles. The zero-order chi connectivity index (χ0) is 29.1. The Morgan fingerprint density at radius 3 is 2.46 bits per heavy atom. The molecule has 0 amide bonds. The summed E-state index contributed by atoms with van der Waals surface area (Å²) in [6.45, 7) is 4.43. The largest absolute Gasteiger partial charge is 0.492 e. The van der Waals surface area contributed by atoms with E-state index in [0.29, 0.717) is 27.2 Å². The molecule has 4 aromatic rings. The van der Waals surface area contributed by atoms with Gasteiger partial charge in [-0.15, -0.1) is 11.8 Å². The van der Waals surface area contributed by atoms with Crippen molar-refractivity contribution in [1.82, 2.24) is 4.57 Å². The number of fused-ring (bicyclic) bond motifs is 1. The Morgan fingerprint density at radius 2 is 1.80 bits per heavy atom. The predicted octanol–water partition coefficient (Wildman–Crippen LogP) is 6.27. The van der Waals surface area contributed by atoms with Crippen LogP contribution in [0.15, 0.2) is 87.0 Å². The van der Waals surface area contributed by atoms with E-state index in [0.717, 1.165) is 34.5 Å². The third-order valence-electron chi connectivity index (χ3n) is 6.42. The van der Waals surface area contributed by atoms with Crippen molar-refractivity contribution in [2.75, 3.05) is 19.5 Å². The molecule has 0 fully saturated rings. The summed E-state index contributed by atoms with van der Waals surface area (Å²) in [7, 11) is 0. The normalized spacial score (nSPS) is 15.0. The summed E-state index contributed by atoms with van der Waals surface area (Å²) in [5.41, 5.74) is 3.04. The molecule has 0 unspecified atom stereocenters. The zero-order valence-electron chi connectivity index (χ0n) is 22.5. The zero-order valence-corrected chi connectivity index (χ0v) is 28.5. The number of carbonyl (C=O) groups excluding carboxylic acids is 1. The number of nitrogens with zero attached hydrogens (tertiary/aromatic N) is 2. The molecule has 0 N–H and O–H groups in total. The van der Waals surface area contributed by atoms with E-state index in [1.165, 1.54) is 11.3 Å². The Balaban J connectivity index is 1.83. The molecule has 5 rings (SSSR count). The van der Waals surface area contributed by atoms with E-state index in [1.54, 1.807) is 23.3 Å². The summed E-state index contributed by atoms with van der Waals surface area (Å²) in [5.74, 6) is 0.245.